The normalized spacial score (nSPS) is 10.1. The third kappa shape index (κ3) is 5.00. The summed E-state index contributed by atoms with van der Waals surface area (Å²) in [6.45, 7) is 1.78. The minimum atomic E-state index is -1.08. The largest absolute Gasteiger partial charge is 0.467 e. The summed E-state index contributed by atoms with van der Waals surface area (Å²) in [6, 6.07) is 0. The summed E-state index contributed by atoms with van der Waals surface area (Å²) in [6.07, 6.45) is -0.402. The van der Waals surface area contributed by atoms with Crippen LogP contribution in [0.1, 0.15) is 21.1 Å². The zero-order chi connectivity index (χ0) is 7.98. The van der Waals surface area contributed by atoms with Crippen LogP contribution in [0.3, 0.4) is 0 Å². The molecule has 0 spiro atoms. The monoisotopic (exact) mass is 131 g/mol. The summed E-state index contributed by atoms with van der Waals surface area (Å²) in [5.74, 6) is 0.0428. The fourth-order valence-electron chi connectivity index (χ4n) is 0.383. The molecule has 0 saturated heterocycles. The van der Waals surface area contributed by atoms with Gasteiger partial charge in [-0.3, -0.25) is 9.59 Å². The zero-order valence-electron chi connectivity index (χ0n) is 6.35. The van der Waals surface area contributed by atoms with Gasteiger partial charge in [0.15, 0.2) is 1.37 Å². The van der Waals surface area contributed by atoms with Crippen molar-refractivity contribution in [2.75, 3.05) is 6.61 Å². The van der Waals surface area contributed by atoms with Crippen LogP contribution in [-0.2, 0) is 14.3 Å². The molecule has 52 valence electrons. The summed E-state index contributed by atoms with van der Waals surface area (Å²) in [7, 11) is 0. The summed E-state index contributed by atoms with van der Waals surface area (Å²) >= 11 is 0. The fourth-order valence-corrected chi connectivity index (χ4v) is 0.383. The number of Topliss-reactive ketones (excluding diaryl/α,β-unsaturated/α-hetero) is 1. The molecule has 0 aliphatic rings. The Kier molecular flexibility index (Phi) is 3.67. The number of carbonyl (C=O) groups is 2. The molecule has 0 fully saturated rings. The molecule has 0 rings (SSSR count). The molecule has 0 N–H and O–H groups in total. The average Bonchev–Trinajstić information content (AvgIpc) is 1.87. The number of hydrogen-bond donors (Lipinski definition) is 0. The van der Waals surface area contributed by atoms with E-state index in [9.17, 15) is 9.59 Å². The number of carbonyl (C=O) groups excluding carboxylic acids is 2. The summed E-state index contributed by atoms with van der Waals surface area (Å²) in [5, 5.41) is 0. The van der Waals surface area contributed by atoms with Crippen LogP contribution in [0.2, 0.25) is 0 Å². The van der Waals surface area contributed by atoms with E-state index in [0.717, 1.165) is 0 Å². The third-order valence-electron chi connectivity index (χ3n) is 0.936. The lowest BCUT2D eigenvalue weighted by atomic mass is 10.2. The van der Waals surface area contributed by atoms with Gasteiger partial charge in [-0.2, -0.15) is 0 Å². The Bertz CT molecular complexity index is 133. The van der Waals surface area contributed by atoms with E-state index in [1.807, 2.05) is 0 Å². The lowest BCUT2D eigenvalue weighted by Gasteiger charge is -1.93. The second kappa shape index (κ2) is 5.28. The van der Waals surface area contributed by atoms with E-state index in [2.05, 4.69) is 4.74 Å². The Morgan fingerprint density at radius 1 is 1.89 bits per heavy atom. The Labute approximate surface area is 55.4 Å². The maximum Gasteiger partial charge on any atom is 0.293 e. The minimum Gasteiger partial charge on any atom is -0.467 e. The molecule has 9 heavy (non-hydrogen) atoms. The van der Waals surface area contributed by atoms with Gasteiger partial charge in [0, 0.05) is 12.8 Å². The molecule has 3 heteroatoms. The van der Waals surface area contributed by atoms with Gasteiger partial charge < -0.3 is 4.74 Å². The van der Waals surface area contributed by atoms with Crippen LogP contribution in [0.4, 0.5) is 0 Å². The van der Waals surface area contributed by atoms with Crippen molar-refractivity contribution in [2.45, 2.75) is 19.8 Å². The van der Waals surface area contributed by atoms with Crippen LogP contribution in [0, 0.1) is 0 Å². The molecule has 0 aromatic rings. The van der Waals surface area contributed by atoms with Crippen LogP contribution in [0.25, 0.3) is 0 Å². The van der Waals surface area contributed by atoms with Crippen molar-refractivity contribution in [1.29, 1.82) is 0 Å². The Morgan fingerprint density at radius 3 is 3.00 bits per heavy atom. The molecular formula is C6H10O3. The number of ketones is 1. The summed E-state index contributed by atoms with van der Waals surface area (Å²) < 4.78 is 10.5. The Morgan fingerprint density at radius 2 is 2.56 bits per heavy atom. The molecule has 3 nitrogen and oxygen atoms in total. The highest BCUT2D eigenvalue weighted by atomic mass is 16.5. The van der Waals surface area contributed by atoms with Gasteiger partial charge in [0.25, 0.3) is 6.45 Å². The van der Waals surface area contributed by atoms with E-state index in [4.69, 9.17) is 1.37 Å². The maximum absolute atomic E-state index is 10.5. The molecular weight excluding hydrogens is 120 g/mol. The van der Waals surface area contributed by atoms with Gasteiger partial charge in [-0.05, 0) is 0 Å². The van der Waals surface area contributed by atoms with Crippen molar-refractivity contribution in [3.05, 3.63) is 0 Å². The predicted molar refractivity (Wildman–Crippen MR) is 31.9 cm³/mol. The molecule has 0 aromatic heterocycles. The lowest BCUT2D eigenvalue weighted by molar-refractivity contribution is -0.130. The van der Waals surface area contributed by atoms with Gasteiger partial charge in [0.2, 0.25) is 0 Å². The third-order valence-corrected chi connectivity index (χ3v) is 0.936. The molecule has 0 unspecified atom stereocenters. The molecule has 0 aliphatic heterocycles. The number of hydrogen-bond acceptors (Lipinski definition) is 3. The number of rotatable bonds is 4. The molecule has 0 atom stereocenters. The first-order valence-electron chi connectivity index (χ1n) is 3.32. The first kappa shape index (κ1) is 6.26. The first-order chi connectivity index (χ1) is 4.66. The molecule has 0 radical (unpaired) electrons. The van der Waals surface area contributed by atoms with Crippen molar-refractivity contribution in [2.24, 2.45) is 0 Å². The van der Waals surface area contributed by atoms with Gasteiger partial charge in [-0.1, -0.05) is 6.92 Å². The Hall–Kier alpha value is -0.860. The molecule has 0 heterocycles. The van der Waals surface area contributed by atoms with Crippen molar-refractivity contribution in [3.8, 4) is 0 Å². The zero-order valence-corrected chi connectivity index (χ0v) is 5.35. The van der Waals surface area contributed by atoms with E-state index >= 15 is 0 Å². The molecule has 0 amide bonds. The van der Waals surface area contributed by atoms with E-state index in [0.29, 0.717) is 6.42 Å². The smallest absolute Gasteiger partial charge is 0.293 e. The van der Waals surface area contributed by atoms with Gasteiger partial charge in [-0.15, -0.1) is 0 Å². The SMILES string of the molecule is [2H]C(=O)OCCC(=O)CC. The minimum absolute atomic E-state index is 0.0367. The van der Waals surface area contributed by atoms with Crippen LogP contribution in [0.15, 0.2) is 0 Å². The fraction of sp³-hybridized carbons (Fsp3) is 0.667. The highest BCUT2D eigenvalue weighted by molar-refractivity contribution is 5.78. The van der Waals surface area contributed by atoms with Gasteiger partial charge >= 0.3 is 0 Å². The molecule has 0 bridgehead atoms. The average molecular weight is 131 g/mol. The van der Waals surface area contributed by atoms with Crippen molar-refractivity contribution in [3.63, 3.8) is 0 Å². The van der Waals surface area contributed by atoms with Crippen LogP contribution in [0.5, 0.6) is 0 Å². The first-order valence-corrected chi connectivity index (χ1v) is 2.82. The molecule has 0 aromatic carbocycles. The molecule has 0 saturated carbocycles. The highest BCUT2D eigenvalue weighted by Crippen LogP contribution is 1.87. The highest BCUT2D eigenvalue weighted by Gasteiger charge is 1.95. The lowest BCUT2D eigenvalue weighted by Crippen LogP contribution is -2.01. The van der Waals surface area contributed by atoms with Crippen molar-refractivity contribution >= 4 is 12.2 Å². The van der Waals surface area contributed by atoms with Crippen molar-refractivity contribution < 1.29 is 15.7 Å². The molecule has 0 aliphatic carbocycles. The summed E-state index contributed by atoms with van der Waals surface area (Å²) in [4.78, 5) is 20.4. The second-order valence-electron chi connectivity index (χ2n) is 1.57. The predicted octanol–water partition coefficient (Wildman–Crippen LogP) is 0.529. The van der Waals surface area contributed by atoms with E-state index in [-0.39, 0.29) is 18.8 Å². The van der Waals surface area contributed by atoms with E-state index < -0.39 is 6.45 Å². The van der Waals surface area contributed by atoms with Crippen LogP contribution < -0.4 is 0 Å². The number of ether oxygens (including phenoxy) is 1. The summed E-state index contributed by atoms with van der Waals surface area (Å²) in [5.41, 5.74) is 0. The quantitative estimate of drug-likeness (QED) is 0.522. The maximum atomic E-state index is 10.5. The van der Waals surface area contributed by atoms with Gasteiger partial charge in [-0.25, -0.2) is 0 Å². The van der Waals surface area contributed by atoms with Crippen LogP contribution >= 0.6 is 0 Å². The van der Waals surface area contributed by atoms with Crippen molar-refractivity contribution in [1.82, 2.24) is 0 Å². The second-order valence-corrected chi connectivity index (χ2v) is 1.57. The van der Waals surface area contributed by atoms with Crippen LogP contribution in [-0.4, -0.2) is 18.8 Å². The standard InChI is InChI=1S/C6H10O3/c1-2-6(8)3-4-9-5-7/h5H,2-4H2,1H3/i5D. The van der Waals surface area contributed by atoms with E-state index in [1.54, 1.807) is 6.92 Å². The van der Waals surface area contributed by atoms with E-state index in [1.165, 1.54) is 0 Å². The topological polar surface area (TPSA) is 43.4 Å². The Balaban J connectivity index is 3.20. The van der Waals surface area contributed by atoms with Gasteiger partial charge in [0.1, 0.15) is 5.78 Å². The van der Waals surface area contributed by atoms with Gasteiger partial charge in [0.05, 0.1) is 6.61 Å².